The van der Waals surface area contributed by atoms with Crippen molar-refractivity contribution in [1.82, 2.24) is 60.4 Å². The monoisotopic (exact) mass is 1780 g/mol. The number of carbonyl (C=O) groups excluding carboxylic acids is 8. The molecule has 2 saturated heterocycles. The highest BCUT2D eigenvalue weighted by molar-refractivity contribution is 6.06. The number of carbonyl (C=O) groups is 8. The number of nitrogens with two attached hydrogens (primary N) is 8. The second-order valence-corrected chi connectivity index (χ2v) is 31.9. The lowest BCUT2D eigenvalue weighted by molar-refractivity contribution is 0.0499. The Morgan fingerprint density at radius 3 is 1.02 bits per heavy atom. The number of rotatable bonds is 25. The maximum atomic E-state index is 15.1. The Morgan fingerprint density at radius 2 is 0.700 bits per heavy atom. The smallest absolute Gasteiger partial charge is 0.254 e. The van der Waals surface area contributed by atoms with E-state index in [1.165, 1.54) is 65.3 Å². The quantitative estimate of drug-likeness (QED) is 0.0236. The van der Waals surface area contributed by atoms with Crippen molar-refractivity contribution in [2.75, 3.05) is 49.4 Å². The van der Waals surface area contributed by atoms with Gasteiger partial charge in [0.25, 0.3) is 47.3 Å². The van der Waals surface area contributed by atoms with E-state index in [1.807, 2.05) is 83.1 Å². The fraction of sp³-hybridized carbons (Fsp3) is 0.284. The lowest BCUT2D eigenvalue weighted by Crippen LogP contribution is -2.26. The Kier molecular flexibility index (Phi) is 32.3. The molecular weight excluding hydrogens is 1680 g/mol. The molecule has 2 atom stereocenters. The van der Waals surface area contributed by atoms with Crippen molar-refractivity contribution in [3.8, 4) is 45.0 Å². The largest absolute Gasteiger partial charge is 0.383 e. The van der Waals surface area contributed by atoms with Crippen molar-refractivity contribution in [3.63, 3.8) is 0 Å². The number of primary amides is 4. The van der Waals surface area contributed by atoms with Crippen LogP contribution in [-0.2, 0) is 35.7 Å². The van der Waals surface area contributed by atoms with Crippen molar-refractivity contribution in [3.05, 3.63) is 282 Å². The summed E-state index contributed by atoms with van der Waals surface area (Å²) in [6.45, 7) is 19.8. The first-order valence-electron chi connectivity index (χ1n) is 41.5. The highest BCUT2D eigenvalue weighted by atomic mass is 19.1. The summed E-state index contributed by atoms with van der Waals surface area (Å²) in [6.07, 6.45) is 3.37. The van der Waals surface area contributed by atoms with Crippen LogP contribution >= 0.6 is 0 Å². The molecule has 14 rings (SSSR count). The molecule has 0 bridgehead atoms. The van der Waals surface area contributed by atoms with Crippen LogP contribution in [-0.4, -0.2) is 113 Å². The normalized spacial score (nSPS) is 13.2. The third-order valence-corrected chi connectivity index (χ3v) is 22.1. The summed E-state index contributed by atoms with van der Waals surface area (Å²) >= 11 is 0. The van der Waals surface area contributed by atoms with Gasteiger partial charge >= 0.3 is 0 Å². The molecule has 8 amide bonds. The second kappa shape index (κ2) is 43.1. The van der Waals surface area contributed by atoms with Gasteiger partial charge in [0.15, 0.2) is 0 Å². The summed E-state index contributed by atoms with van der Waals surface area (Å²) in [7, 11) is 0. The van der Waals surface area contributed by atoms with Crippen molar-refractivity contribution in [2.45, 2.75) is 146 Å². The first-order valence-corrected chi connectivity index (χ1v) is 41.5. The van der Waals surface area contributed by atoms with Gasteiger partial charge in [-0.3, -0.25) is 38.4 Å². The Hall–Kier alpha value is -14.9. The summed E-state index contributed by atoms with van der Waals surface area (Å²) in [5.41, 5.74) is 57.6. The van der Waals surface area contributed by atoms with Gasteiger partial charge in [-0.1, -0.05) is 111 Å². The fourth-order valence-electron chi connectivity index (χ4n) is 14.9. The molecule has 130 heavy (non-hydrogen) atoms. The van der Waals surface area contributed by atoms with E-state index >= 15 is 4.39 Å². The highest BCUT2D eigenvalue weighted by Gasteiger charge is 2.32. The van der Waals surface area contributed by atoms with E-state index in [0.717, 1.165) is 48.4 Å². The van der Waals surface area contributed by atoms with Gasteiger partial charge in [0.05, 0.1) is 18.7 Å². The van der Waals surface area contributed by atoms with E-state index in [-0.39, 0.29) is 138 Å². The summed E-state index contributed by atoms with van der Waals surface area (Å²) < 4.78 is 86.2. The van der Waals surface area contributed by atoms with Crippen LogP contribution in [0.1, 0.15) is 219 Å². The summed E-state index contributed by atoms with van der Waals surface area (Å²) in [4.78, 5) is 97.7. The Bertz CT molecular complexity index is 6000. The van der Waals surface area contributed by atoms with Crippen LogP contribution in [0.2, 0.25) is 0 Å². The Balaban J connectivity index is 0.000000180. The molecule has 0 aliphatic carbocycles. The minimum atomic E-state index is -0.809. The van der Waals surface area contributed by atoms with Crippen LogP contribution in [0, 0.1) is 62.7 Å². The molecule has 0 radical (unpaired) electrons. The van der Waals surface area contributed by atoms with Crippen molar-refractivity contribution in [2.24, 2.45) is 28.9 Å². The first kappa shape index (κ1) is 97.3. The number of hydrogen-bond acceptors (Lipinski definition) is 18. The number of nitrogens with one attached hydrogen (secondary N) is 4. The van der Waals surface area contributed by atoms with Gasteiger partial charge in [-0.15, -0.1) is 0 Å². The zero-order chi connectivity index (χ0) is 93.5. The molecule has 0 spiro atoms. The number of nitrogens with zero attached hydrogens (tertiary/aromatic N) is 8. The molecule has 20 N–H and O–H groups in total. The number of hydrogen-bond donors (Lipinski definition) is 12. The third kappa shape index (κ3) is 23.1. The predicted octanol–water partition coefficient (Wildman–Crippen LogP) is 13.7. The summed E-state index contributed by atoms with van der Waals surface area (Å²) in [5.74, 6) is -5.67. The zero-order valence-electron chi connectivity index (χ0n) is 72.6. The van der Waals surface area contributed by atoms with Crippen LogP contribution in [0.4, 0.5) is 45.2 Å². The minimum absolute atomic E-state index is 0. The molecule has 4 aromatic heterocycles. The van der Waals surface area contributed by atoms with Gasteiger partial charge in [0.1, 0.15) is 97.4 Å². The van der Waals surface area contributed by atoms with Gasteiger partial charge < -0.3 is 76.6 Å². The van der Waals surface area contributed by atoms with E-state index in [1.54, 1.807) is 90.3 Å². The van der Waals surface area contributed by atoms with Crippen molar-refractivity contribution < 1.29 is 69.8 Å². The molecule has 2 aliphatic rings. The maximum Gasteiger partial charge on any atom is 0.254 e. The number of nitrogen functional groups attached to an aromatic ring is 4. The van der Waals surface area contributed by atoms with Gasteiger partial charge in [0.2, 0.25) is 0 Å². The van der Waals surface area contributed by atoms with E-state index in [4.69, 9.17) is 55.3 Å². The molecule has 8 aromatic carbocycles. The van der Waals surface area contributed by atoms with Crippen LogP contribution in [0.3, 0.4) is 0 Å². The topological polar surface area (TPSA) is 483 Å². The van der Waals surface area contributed by atoms with Gasteiger partial charge in [0, 0.05) is 103 Å². The SMILES string of the molecule is C.Cc1ccc(F)cc1C(=O)NCc1ccc(-c2nn(C(C)C)c(N)c2C(N)=O)cc1.Cc1ccc(F)cc1C(=O)NCc1ccc(-c2nn(C(C)C)c(N)c2C(N)=O)cc1.Cc1ccc(F)cc1C(=O)NCc1ccc(-c2nn(C(C)C3CCOCC3)c(N)c2C(N)=O)cc1.Cc1ccc(F)cc1C(=O)NCc1ccc(-c2nn(C3CCCOC3)c(N)c2C(N)=O)c(F)c1. The van der Waals surface area contributed by atoms with Gasteiger partial charge in [-0.2, -0.15) is 20.4 Å². The number of benzene rings is 8. The van der Waals surface area contributed by atoms with Crippen molar-refractivity contribution in [1.29, 1.82) is 0 Å². The minimum Gasteiger partial charge on any atom is -0.383 e. The maximum absolute atomic E-state index is 15.1. The molecule has 35 heteroatoms. The fourth-order valence-corrected chi connectivity index (χ4v) is 14.9. The Labute approximate surface area is 748 Å². The van der Waals surface area contributed by atoms with Crippen molar-refractivity contribution >= 4 is 70.5 Å². The lowest BCUT2D eigenvalue weighted by Gasteiger charge is -2.28. The molecule has 2 aliphatic heterocycles. The Morgan fingerprint density at radius 1 is 0.385 bits per heavy atom. The summed E-state index contributed by atoms with van der Waals surface area (Å²) in [5, 5.41) is 29.0. The average Bonchev–Trinajstić information content (AvgIpc) is 1.48. The van der Waals surface area contributed by atoms with E-state index < -0.39 is 58.6 Å². The number of ether oxygens (including phenoxy) is 2. The first-order chi connectivity index (χ1) is 61.4. The number of aryl methyl sites for hydroxylation is 4. The molecule has 0 saturated carbocycles. The number of amides is 8. The number of anilines is 4. The summed E-state index contributed by atoms with van der Waals surface area (Å²) in [6, 6.07) is 42.0. The van der Waals surface area contributed by atoms with Gasteiger partial charge in [-0.25, -0.2) is 40.7 Å². The molecular formula is C95H107F5N20O10. The second-order valence-electron chi connectivity index (χ2n) is 31.9. The molecule has 6 heterocycles. The molecule has 682 valence electrons. The number of halogens is 5. The zero-order valence-corrected chi connectivity index (χ0v) is 72.6. The highest BCUT2D eigenvalue weighted by Crippen LogP contribution is 2.38. The van der Waals surface area contributed by atoms with Crippen LogP contribution in [0.15, 0.2) is 164 Å². The lowest BCUT2D eigenvalue weighted by atomic mass is 9.93. The number of aromatic nitrogens is 8. The van der Waals surface area contributed by atoms with Crippen LogP contribution in [0.5, 0.6) is 0 Å². The van der Waals surface area contributed by atoms with Gasteiger partial charge in [-0.05, 0) is 199 Å². The van der Waals surface area contributed by atoms with Crippen LogP contribution < -0.4 is 67.1 Å². The van der Waals surface area contributed by atoms with E-state index in [2.05, 4.69) is 41.7 Å². The average molecular weight is 1780 g/mol. The molecule has 30 nitrogen and oxygen atoms in total. The van der Waals surface area contributed by atoms with E-state index in [0.29, 0.717) is 111 Å². The van der Waals surface area contributed by atoms with E-state index in [9.17, 15) is 55.9 Å². The predicted molar refractivity (Wildman–Crippen MR) is 486 cm³/mol. The molecule has 2 fully saturated rings. The molecule has 12 aromatic rings. The standard InChI is InChI=1S/C26H30FN5O3.C24H25F2N5O3.2C22H24FN5O2.CH4/c1-15-3-8-20(27)13-21(15)26(34)30-14-17-4-6-19(7-5-17)23-22(25(29)33)24(28)32(31-23)16(2)18-9-11-35-12-10-18;1-13-4-6-15(25)10-18(13)24(33)29-11-14-5-7-17(19(26)9-14)21-20(23(28)32)22(27)31(30-21)16-3-2-8-34-12-16;2*1-12(2)28-20(24)18(21(25)29)19(27-28)15-7-5-14(6-8-15)11-26-22(30)17-10-16(23)9-4-13(17)3;/h3-8,13,16,18H,9-12,14,28H2,1-2H3,(H2,29,33)(H,30,34);4-7,9-10,16H,2-3,8,11-12,27H2,1H3,(H2,28,32)(H,29,33);2*4-10,12H,11,24H2,1-3H3,(H2,25,29)(H,26,30);1H4. The van der Waals surface area contributed by atoms with Crippen LogP contribution in [0.25, 0.3) is 45.0 Å². The third-order valence-electron chi connectivity index (χ3n) is 22.1. The molecule has 2 unspecified atom stereocenters.